The summed E-state index contributed by atoms with van der Waals surface area (Å²) in [7, 11) is 0. The number of fused-ring (bicyclic) bond motifs is 1. The van der Waals surface area contributed by atoms with Gasteiger partial charge in [-0.1, -0.05) is 5.16 Å². The fourth-order valence-electron chi connectivity index (χ4n) is 2.67. The first-order valence-corrected chi connectivity index (χ1v) is 8.29. The van der Waals surface area contributed by atoms with Gasteiger partial charge in [0.25, 0.3) is 5.91 Å². The van der Waals surface area contributed by atoms with Gasteiger partial charge in [0.1, 0.15) is 0 Å². The number of hydrogen-bond donors (Lipinski definition) is 1. The summed E-state index contributed by atoms with van der Waals surface area (Å²) in [5, 5.41) is 11.0. The molecule has 0 aliphatic rings. The highest BCUT2D eigenvalue weighted by Gasteiger charge is 2.14. The summed E-state index contributed by atoms with van der Waals surface area (Å²) < 4.78 is 12.1. The minimum Gasteiger partial charge on any atom is -0.461 e. The van der Waals surface area contributed by atoms with Crippen LogP contribution in [0.3, 0.4) is 0 Å². The lowest BCUT2D eigenvalue weighted by Crippen LogP contribution is -2.25. The molecule has 4 aromatic heterocycles. The number of aromatic nitrogens is 4. The fraction of sp³-hybridized carbons (Fsp3) is 0.222. The van der Waals surface area contributed by atoms with Crippen LogP contribution in [-0.4, -0.2) is 32.2 Å². The molecule has 0 bridgehead atoms. The molecular formula is C18H17N5O3. The van der Waals surface area contributed by atoms with E-state index in [1.54, 1.807) is 22.7 Å². The zero-order valence-electron chi connectivity index (χ0n) is 14.2. The molecule has 4 aromatic rings. The number of hydrogen-bond acceptors (Lipinski definition) is 6. The monoisotopic (exact) mass is 351 g/mol. The smallest absolute Gasteiger partial charge is 0.273 e. The summed E-state index contributed by atoms with van der Waals surface area (Å²) in [6, 6.07) is 6.98. The quantitative estimate of drug-likeness (QED) is 0.536. The summed E-state index contributed by atoms with van der Waals surface area (Å²) in [4.78, 5) is 16.5. The highest BCUT2D eigenvalue weighted by atomic mass is 16.5. The lowest BCUT2D eigenvalue weighted by Gasteiger charge is -2.03. The number of nitrogens with zero attached hydrogens (tertiary/aromatic N) is 4. The number of nitrogens with one attached hydrogen (secondary N) is 1. The lowest BCUT2D eigenvalue weighted by molar-refractivity contribution is 0.0944. The predicted octanol–water partition coefficient (Wildman–Crippen LogP) is 2.65. The van der Waals surface area contributed by atoms with E-state index in [9.17, 15) is 4.79 Å². The summed E-state index contributed by atoms with van der Waals surface area (Å²) >= 11 is 0. The molecule has 0 spiro atoms. The van der Waals surface area contributed by atoms with Crippen molar-refractivity contribution >= 4 is 11.6 Å². The van der Waals surface area contributed by atoms with Gasteiger partial charge in [0, 0.05) is 31.1 Å². The van der Waals surface area contributed by atoms with Crippen LogP contribution in [0, 0.1) is 6.92 Å². The van der Waals surface area contributed by atoms with E-state index < -0.39 is 0 Å². The van der Waals surface area contributed by atoms with Crippen molar-refractivity contribution in [3.8, 4) is 11.5 Å². The standard InChI is InChI=1S/C18H17N5O3/c1-12-8-17-20-10-13(11-23(17)21-12)4-2-6-19-18(24)14-9-16(26-22-14)15-5-3-7-25-15/h3,5,7-11H,2,4,6H2,1H3,(H,19,24). The predicted molar refractivity (Wildman–Crippen MR) is 92.6 cm³/mol. The summed E-state index contributed by atoms with van der Waals surface area (Å²) in [6.07, 6.45) is 6.91. The number of carbonyl (C=O) groups excluding carboxylic acids is 1. The average Bonchev–Trinajstić information content (AvgIpc) is 3.36. The van der Waals surface area contributed by atoms with Crippen LogP contribution in [0.15, 0.2) is 51.9 Å². The van der Waals surface area contributed by atoms with Crippen LogP contribution in [0.4, 0.5) is 0 Å². The second-order valence-electron chi connectivity index (χ2n) is 5.96. The molecule has 0 radical (unpaired) electrons. The SMILES string of the molecule is Cc1cc2ncc(CCCNC(=O)c3cc(-c4ccco4)on3)cn2n1. The van der Waals surface area contributed by atoms with Crippen molar-refractivity contribution < 1.29 is 13.7 Å². The molecule has 4 rings (SSSR count). The van der Waals surface area contributed by atoms with Crippen molar-refractivity contribution in [2.45, 2.75) is 19.8 Å². The molecule has 26 heavy (non-hydrogen) atoms. The maximum Gasteiger partial charge on any atom is 0.273 e. The van der Waals surface area contributed by atoms with Gasteiger partial charge in [0.2, 0.25) is 5.76 Å². The molecule has 0 fully saturated rings. The Labute approximate surface area is 148 Å². The third kappa shape index (κ3) is 3.34. The normalized spacial score (nSPS) is 11.1. The molecule has 0 aliphatic heterocycles. The van der Waals surface area contributed by atoms with Gasteiger partial charge in [-0.05, 0) is 37.5 Å². The summed E-state index contributed by atoms with van der Waals surface area (Å²) in [5.41, 5.74) is 3.06. The second kappa shape index (κ2) is 6.83. The van der Waals surface area contributed by atoms with Gasteiger partial charge in [0.05, 0.1) is 12.0 Å². The van der Waals surface area contributed by atoms with Crippen LogP contribution in [0.25, 0.3) is 17.2 Å². The molecule has 0 unspecified atom stereocenters. The molecule has 8 heteroatoms. The van der Waals surface area contributed by atoms with Gasteiger partial charge in [0.15, 0.2) is 17.1 Å². The van der Waals surface area contributed by atoms with Crippen molar-refractivity contribution in [3.05, 3.63) is 59.9 Å². The van der Waals surface area contributed by atoms with Crippen molar-refractivity contribution in [3.63, 3.8) is 0 Å². The van der Waals surface area contributed by atoms with E-state index in [1.807, 2.05) is 25.4 Å². The molecule has 0 aliphatic carbocycles. The molecule has 0 atom stereocenters. The van der Waals surface area contributed by atoms with Crippen molar-refractivity contribution in [1.82, 2.24) is 25.1 Å². The Morgan fingerprint density at radius 3 is 3.08 bits per heavy atom. The maximum atomic E-state index is 12.1. The van der Waals surface area contributed by atoms with Crippen LogP contribution in [0.1, 0.15) is 28.2 Å². The van der Waals surface area contributed by atoms with Crippen LogP contribution in [-0.2, 0) is 6.42 Å². The first-order chi connectivity index (χ1) is 12.7. The molecule has 0 saturated carbocycles. The Balaban J connectivity index is 1.29. The highest BCUT2D eigenvalue weighted by Crippen LogP contribution is 2.20. The van der Waals surface area contributed by atoms with Crippen molar-refractivity contribution in [1.29, 1.82) is 0 Å². The van der Waals surface area contributed by atoms with Crippen LogP contribution in [0.2, 0.25) is 0 Å². The molecule has 1 N–H and O–H groups in total. The number of aryl methyl sites for hydroxylation is 2. The highest BCUT2D eigenvalue weighted by molar-refractivity contribution is 5.92. The minimum atomic E-state index is -0.275. The van der Waals surface area contributed by atoms with Gasteiger partial charge >= 0.3 is 0 Å². The van der Waals surface area contributed by atoms with Crippen molar-refractivity contribution in [2.75, 3.05) is 6.54 Å². The minimum absolute atomic E-state index is 0.228. The van der Waals surface area contributed by atoms with E-state index in [2.05, 4.69) is 20.6 Å². The van der Waals surface area contributed by atoms with Gasteiger partial charge < -0.3 is 14.3 Å². The number of rotatable bonds is 6. The van der Waals surface area contributed by atoms with E-state index in [4.69, 9.17) is 8.94 Å². The summed E-state index contributed by atoms with van der Waals surface area (Å²) in [6.45, 7) is 2.46. The Morgan fingerprint density at radius 1 is 1.31 bits per heavy atom. The van der Waals surface area contributed by atoms with Gasteiger partial charge in [-0.2, -0.15) is 5.10 Å². The Hall–Kier alpha value is -3.42. The summed E-state index contributed by atoms with van der Waals surface area (Å²) in [5.74, 6) is 0.685. The van der Waals surface area contributed by atoms with E-state index >= 15 is 0 Å². The van der Waals surface area contributed by atoms with Crippen LogP contribution in [0.5, 0.6) is 0 Å². The van der Waals surface area contributed by atoms with Gasteiger partial charge in [-0.15, -0.1) is 0 Å². The van der Waals surface area contributed by atoms with Crippen LogP contribution >= 0.6 is 0 Å². The van der Waals surface area contributed by atoms with E-state index in [-0.39, 0.29) is 11.6 Å². The van der Waals surface area contributed by atoms with Gasteiger partial charge in [-0.3, -0.25) is 4.79 Å². The average molecular weight is 351 g/mol. The zero-order valence-corrected chi connectivity index (χ0v) is 14.2. The molecule has 4 heterocycles. The molecule has 132 valence electrons. The zero-order chi connectivity index (χ0) is 17.9. The fourth-order valence-corrected chi connectivity index (χ4v) is 2.67. The molecule has 0 aromatic carbocycles. The maximum absolute atomic E-state index is 12.1. The van der Waals surface area contributed by atoms with E-state index in [0.29, 0.717) is 18.1 Å². The van der Waals surface area contributed by atoms with E-state index in [0.717, 1.165) is 29.7 Å². The largest absolute Gasteiger partial charge is 0.461 e. The number of amides is 1. The van der Waals surface area contributed by atoms with Gasteiger partial charge in [-0.25, -0.2) is 9.50 Å². The second-order valence-corrected chi connectivity index (χ2v) is 5.96. The number of furan rings is 1. The van der Waals surface area contributed by atoms with Crippen LogP contribution < -0.4 is 5.32 Å². The Bertz CT molecular complexity index is 1030. The molecular weight excluding hydrogens is 334 g/mol. The Morgan fingerprint density at radius 2 is 2.23 bits per heavy atom. The molecule has 8 nitrogen and oxygen atoms in total. The number of carbonyl (C=O) groups is 1. The topological polar surface area (TPSA) is 98.5 Å². The lowest BCUT2D eigenvalue weighted by atomic mass is 10.2. The van der Waals surface area contributed by atoms with E-state index in [1.165, 1.54) is 6.26 Å². The third-order valence-corrected chi connectivity index (χ3v) is 3.92. The Kier molecular flexibility index (Phi) is 4.22. The molecule has 1 amide bonds. The third-order valence-electron chi connectivity index (χ3n) is 3.92. The molecule has 0 saturated heterocycles. The van der Waals surface area contributed by atoms with Crippen molar-refractivity contribution in [2.24, 2.45) is 0 Å². The first-order valence-electron chi connectivity index (χ1n) is 8.29. The first kappa shape index (κ1) is 16.1.